The zero-order chi connectivity index (χ0) is 14.8. The molecule has 1 fully saturated rings. The second kappa shape index (κ2) is 6.03. The molecule has 0 bridgehead atoms. The number of hydrogen-bond donors (Lipinski definition) is 0. The maximum Gasteiger partial charge on any atom is 0.167 e. The lowest BCUT2D eigenvalue weighted by Gasteiger charge is -2.36. The van der Waals surface area contributed by atoms with Crippen molar-refractivity contribution in [3.8, 4) is 5.75 Å². The molecule has 114 valence electrons. The van der Waals surface area contributed by atoms with Crippen LogP contribution in [-0.4, -0.2) is 54.3 Å². The number of rotatable bonds is 4. The molecule has 0 N–H and O–H groups in total. The highest BCUT2D eigenvalue weighted by atomic mass is 16.5. The lowest BCUT2D eigenvalue weighted by Crippen LogP contribution is -2.48. The molecule has 2 heterocycles. The van der Waals surface area contributed by atoms with Gasteiger partial charge in [0.05, 0.1) is 7.11 Å². The van der Waals surface area contributed by atoms with Crippen molar-refractivity contribution in [3.63, 3.8) is 0 Å². The summed E-state index contributed by atoms with van der Waals surface area (Å²) < 4.78 is 10.7. The van der Waals surface area contributed by atoms with Gasteiger partial charge in [0.2, 0.25) is 0 Å². The van der Waals surface area contributed by atoms with Crippen LogP contribution < -0.4 is 4.74 Å². The first-order valence-electron chi connectivity index (χ1n) is 7.56. The molecule has 1 aromatic carbocycles. The molecule has 3 rings (SSSR count). The molecule has 0 amide bonds. The van der Waals surface area contributed by atoms with Gasteiger partial charge in [-0.1, -0.05) is 5.16 Å². The molecule has 0 aliphatic carbocycles. The average Bonchev–Trinajstić information content (AvgIpc) is 2.90. The highest BCUT2D eigenvalue weighted by molar-refractivity contribution is 5.80. The van der Waals surface area contributed by atoms with Gasteiger partial charge in [0.1, 0.15) is 11.4 Å². The standard InChI is InChI=1S/C16H23N3O2/c1-12(2)19-8-6-18(7-9-19)11-15-14-10-13(20-3)4-5-16(14)21-17-15/h4-5,10,12H,6-9,11H2,1-3H3. The quantitative estimate of drug-likeness (QED) is 0.864. The summed E-state index contributed by atoms with van der Waals surface area (Å²) in [5.41, 5.74) is 1.83. The summed E-state index contributed by atoms with van der Waals surface area (Å²) in [6.07, 6.45) is 0. The number of benzene rings is 1. The fraction of sp³-hybridized carbons (Fsp3) is 0.562. The zero-order valence-electron chi connectivity index (χ0n) is 13.0. The van der Waals surface area contributed by atoms with Gasteiger partial charge < -0.3 is 9.26 Å². The fourth-order valence-electron chi connectivity index (χ4n) is 2.86. The minimum Gasteiger partial charge on any atom is -0.497 e. The molecular weight excluding hydrogens is 266 g/mol. The number of nitrogens with zero attached hydrogens (tertiary/aromatic N) is 3. The van der Waals surface area contributed by atoms with Crippen LogP contribution in [0.5, 0.6) is 5.75 Å². The number of aromatic nitrogens is 1. The van der Waals surface area contributed by atoms with Crippen molar-refractivity contribution >= 4 is 11.0 Å². The normalized spacial score (nSPS) is 17.7. The topological polar surface area (TPSA) is 41.7 Å². The predicted molar refractivity (Wildman–Crippen MR) is 82.5 cm³/mol. The lowest BCUT2D eigenvalue weighted by atomic mass is 10.2. The largest absolute Gasteiger partial charge is 0.497 e. The molecule has 1 aliphatic heterocycles. The van der Waals surface area contributed by atoms with Crippen molar-refractivity contribution in [1.82, 2.24) is 15.0 Å². The second-order valence-corrected chi connectivity index (χ2v) is 5.90. The molecule has 0 radical (unpaired) electrons. The zero-order valence-corrected chi connectivity index (χ0v) is 13.0. The van der Waals surface area contributed by atoms with Crippen LogP contribution in [0.1, 0.15) is 19.5 Å². The number of methoxy groups -OCH3 is 1. The molecule has 2 aromatic rings. The Kier molecular flexibility index (Phi) is 4.12. The maximum atomic E-state index is 5.41. The van der Waals surface area contributed by atoms with Crippen LogP contribution in [0, 0.1) is 0 Å². The van der Waals surface area contributed by atoms with E-state index in [1.165, 1.54) is 0 Å². The van der Waals surface area contributed by atoms with Gasteiger partial charge in [-0.2, -0.15) is 0 Å². The molecule has 0 atom stereocenters. The lowest BCUT2D eigenvalue weighted by molar-refractivity contribution is 0.103. The fourth-order valence-corrected chi connectivity index (χ4v) is 2.86. The molecule has 5 heteroatoms. The van der Waals surface area contributed by atoms with Crippen LogP contribution in [0.2, 0.25) is 0 Å². The third kappa shape index (κ3) is 3.04. The Morgan fingerprint density at radius 2 is 2.00 bits per heavy atom. The SMILES string of the molecule is COc1ccc2onc(CN3CCN(C(C)C)CC3)c2c1. The van der Waals surface area contributed by atoms with Crippen molar-refractivity contribution in [3.05, 3.63) is 23.9 Å². The van der Waals surface area contributed by atoms with Crippen molar-refractivity contribution < 1.29 is 9.26 Å². The predicted octanol–water partition coefficient (Wildman–Crippen LogP) is 2.36. The van der Waals surface area contributed by atoms with Crippen LogP contribution in [0.3, 0.4) is 0 Å². The van der Waals surface area contributed by atoms with E-state index < -0.39 is 0 Å². The summed E-state index contributed by atoms with van der Waals surface area (Å²) in [5, 5.41) is 5.29. The van der Waals surface area contributed by atoms with Crippen molar-refractivity contribution in [1.29, 1.82) is 0 Å². The summed E-state index contributed by atoms with van der Waals surface area (Å²) >= 11 is 0. The highest BCUT2D eigenvalue weighted by Crippen LogP contribution is 2.25. The van der Waals surface area contributed by atoms with Gasteiger partial charge in [0.25, 0.3) is 0 Å². The van der Waals surface area contributed by atoms with E-state index in [1.807, 2.05) is 18.2 Å². The summed E-state index contributed by atoms with van der Waals surface area (Å²) in [5.74, 6) is 0.844. The Labute approximate surface area is 125 Å². The molecule has 1 saturated heterocycles. The maximum absolute atomic E-state index is 5.41. The Morgan fingerprint density at radius 1 is 1.24 bits per heavy atom. The molecule has 0 saturated carbocycles. The van der Waals surface area contributed by atoms with Gasteiger partial charge in [-0.05, 0) is 32.0 Å². The highest BCUT2D eigenvalue weighted by Gasteiger charge is 2.20. The molecular formula is C16H23N3O2. The first-order chi connectivity index (χ1) is 10.2. The molecule has 1 aromatic heterocycles. The molecule has 1 aliphatic rings. The second-order valence-electron chi connectivity index (χ2n) is 5.90. The van der Waals surface area contributed by atoms with E-state index in [0.29, 0.717) is 6.04 Å². The van der Waals surface area contributed by atoms with Gasteiger partial charge in [0, 0.05) is 44.2 Å². The van der Waals surface area contributed by atoms with Crippen LogP contribution >= 0.6 is 0 Å². The minimum atomic E-state index is 0.629. The third-order valence-electron chi connectivity index (χ3n) is 4.26. The first-order valence-corrected chi connectivity index (χ1v) is 7.56. The smallest absolute Gasteiger partial charge is 0.167 e. The van der Waals surface area contributed by atoms with Crippen LogP contribution in [-0.2, 0) is 6.54 Å². The Morgan fingerprint density at radius 3 is 2.67 bits per heavy atom. The van der Waals surface area contributed by atoms with Crippen molar-refractivity contribution in [2.75, 3.05) is 33.3 Å². The van der Waals surface area contributed by atoms with Crippen LogP contribution in [0.15, 0.2) is 22.7 Å². The number of piperazine rings is 1. The number of ether oxygens (including phenoxy) is 1. The van der Waals surface area contributed by atoms with Gasteiger partial charge >= 0.3 is 0 Å². The third-order valence-corrected chi connectivity index (χ3v) is 4.26. The average molecular weight is 289 g/mol. The van der Waals surface area contributed by atoms with E-state index in [9.17, 15) is 0 Å². The van der Waals surface area contributed by atoms with E-state index in [0.717, 1.165) is 55.1 Å². The summed E-state index contributed by atoms with van der Waals surface area (Å²) in [7, 11) is 1.68. The molecule has 5 nitrogen and oxygen atoms in total. The van der Waals surface area contributed by atoms with Gasteiger partial charge in [-0.15, -0.1) is 0 Å². The molecule has 0 spiro atoms. The molecule has 21 heavy (non-hydrogen) atoms. The van der Waals surface area contributed by atoms with Crippen LogP contribution in [0.25, 0.3) is 11.0 Å². The van der Waals surface area contributed by atoms with Gasteiger partial charge in [-0.25, -0.2) is 0 Å². The Hall–Kier alpha value is -1.59. The number of fused-ring (bicyclic) bond motifs is 1. The van der Waals surface area contributed by atoms with E-state index in [2.05, 4.69) is 28.8 Å². The van der Waals surface area contributed by atoms with E-state index in [4.69, 9.17) is 9.26 Å². The van der Waals surface area contributed by atoms with E-state index >= 15 is 0 Å². The van der Waals surface area contributed by atoms with Gasteiger partial charge in [-0.3, -0.25) is 9.80 Å². The summed E-state index contributed by atoms with van der Waals surface area (Å²) in [6, 6.07) is 6.45. The first kappa shape index (κ1) is 14.4. The molecule has 0 unspecified atom stereocenters. The Balaban J connectivity index is 1.71. The van der Waals surface area contributed by atoms with Crippen LogP contribution in [0.4, 0.5) is 0 Å². The van der Waals surface area contributed by atoms with Crippen molar-refractivity contribution in [2.45, 2.75) is 26.4 Å². The van der Waals surface area contributed by atoms with Crippen molar-refractivity contribution in [2.24, 2.45) is 0 Å². The van der Waals surface area contributed by atoms with E-state index in [-0.39, 0.29) is 0 Å². The summed E-state index contributed by atoms with van der Waals surface area (Å²) in [4.78, 5) is 4.95. The van der Waals surface area contributed by atoms with E-state index in [1.54, 1.807) is 7.11 Å². The Bertz CT molecular complexity index is 601. The monoisotopic (exact) mass is 289 g/mol. The number of hydrogen-bond acceptors (Lipinski definition) is 5. The minimum absolute atomic E-state index is 0.629. The summed E-state index contributed by atoms with van der Waals surface area (Å²) in [6.45, 7) is 9.76. The van der Waals surface area contributed by atoms with Gasteiger partial charge in [0.15, 0.2) is 5.58 Å².